The Morgan fingerprint density at radius 3 is 1.81 bits per heavy atom. The second kappa shape index (κ2) is 5.06. The summed E-state index contributed by atoms with van der Waals surface area (Å²) >= 11 is 10.4. The van der Waals surface area contributed by atoms with E-state index in [1.54, 1.807) is 0 Å². The molecule has 0 aliphatic heterocycles. The van der Waals surface area contributed by atoms with Crippen molar-refractivity contribution in [3.05, 3.63) is 51.9 Å². The second-order valence-electron chi connectivity index (χ2n) is 2.91. The van der Waals surface area contributed by atoms with Crippen LogP contribution in [0.2, 0.25) is 0 Å². The molecule has 0 saturated carbocycles. The van der Waals surface area contributed by atoms with Gasteiger partial charge in [-0.05, 0) is 19.4 Å². The van der Waals surface area contributed by atoms with Crippen LogP contribution < -0.4 is 0 Å². The van der Waals surface area contributed by atoms with Crippen molar-refractivity contribution >= 4 is 23.2 Å². The molecule has 1 aromatic carbocycles. The third-order valence-corrected chi connectivity index (χ3v) is 2.21. The topological polar surface area (TPSA) is 0 Å². The molecule has 16 heavy (non-hydrogen) atoms. The average Bonchev–Trinajstić information content (AvgIpc) is 2.23. The Hall–Kier alpha value is -0.740. The van der Waals surface area contributed by atoms with E-state index in [0.717, 1.165) is 6.08 Å². The molecule has 0 saturated heterocycles. The Kier molecular flexibility index (Phi) is 4.21. The van der Waals surface area contributed by atoms with Crippen LogP contribution in [0.25, 0.3) is 0 Å². The van der Waals surface area contributed by atoms with Crippen molar-refractivity contribution in [2.24, 2.45) is 0 Å². The largest absolute Gasteiger partial charge is 0.203 e. The number of rotatable bonds is 2. The monoisotopic (exact) mass is 271 g/mol. The molecular formula is C10H5Cl2F4. The zero-order valence-electron chi connectivity index (χ0n) is 7.76. The molecule has 0 unspecified atom stereocenters. The van der Waals surface area contributed by atoms with Gasteiger partial charge >= 0.3 is 0 Å². The molecule has 0 aromatic heterocycles. The smallest absolute Gasteiger partial charge is 0.165 e. The number of hydrogen-bond donors (Lipinski definition) is 0. The van der Waals surface area contributed by atoms with Crippen LogP contribution in [0.1, 0.15) is 11.1 Å². The first-order chi connectivity index (χ1) is 7.36. The zero-order valence-corrected chi connectivity index (χ0v) is 9.27. The highest BCUT2D eigenvalue weighted by Gasteiger charge is 2.22. The van der Waals surface area contributed by atoms with Crippen LogP contribution in [0.3, 0.4) is 0 Å². The zero-order chi connectivity index (χ0) is 12.5. The van der Waals surface area contributed by atoms with Crippen LogP contribution in [0.4, 0.5) is 17.6 Å². The molecular weight excluding hydrogens is 267 g/mol. The van der Waals surface area contributed by atoms with Gasteiger partial charge in [-0.3, -0.25) is 0 Å². The van der Waals surface area contributed by atoms with E-state index >= 15 is 0 Å². The van der Waals surface area contributed by atoms with Gasteiger partial charge in [-0.2, -0.15) is 0 Å². The Morgan fingerprint density at radius 2 is 1.44 bits per heavy atom. The fourth-order valence-electron chi connectivity index (χ4n) is 1.08. The number of benzene rings is 1. The molecule has 0 amide bonds. The summed E-state index contributed by atoms with van der Waals surface area (Å²) in [6, 6.07) is 0. The molecule has 1 aromatic rings. The average molecular weight is 272 g/mol. The molecule has 0 heterocycles. The van der Waals surface area contributed by atoms with Gasteiger partial charge in [0, 0.05) is 11.1 Å². The normalized spacial score (nSPS) is 10.4. The molecule has 0 atom stereocenters. The molecule has 1 radical (unpaired) electrons. The molecule has 0 fully saturated rings. The van der Waals surface area contributed by atoms with Crippen LogP contribution in [0, 0.1) is 30.2 Å². The lowest BCUT2D eigenvalue weighted by molar-refractivity contribution is 0.437. The molecule has 0 nitrogen and oxygen atoms in total. The molecule has 0 bridgehead atoms. The van der Waals surface area contributed by atoms with E-state index in [-0.39, 0.29) is 4.49 Å². The van der Waals surface area contributed by atoms with Crippen LogP contribution >= 0.6 is 23.2 Å². The maximum atomic E-state index is 13.2. The Balaban J connectivity index is 3.34. The molecule has 0 aliphatic rings. The van der Waals surface area contributed by atoms with Crippen molar-refractivity contribution in [2.45, 2.75) is 6.42 Å². The van der Waals surface area contributed by atoms with E-state index in [1.807, 2.05) is 0 Å². The quantitative estimate of drug-likeness (QED) is 0.556. The van der Waals surface area contributed by atoms with Gasteiger partial charge in [0.1, 0.15) is 4.49 Å². The van der Waals surface area contributed by atoms with Gasteiger partial charge < -0.3 is 0 Å². The summed E-state index contributed by atoms with van der Waals surface area (Å²) in [6.07, 6.45) is 0.570. The molecule has 0 aliphatic carbocycles. The third kappa shape index (κ3) is 2.50. The first-order valence-corrected chi connectivity index (χ1v) is 4.79. The lowest BCUT2D eigenvalue weighted by Crippen LogP contribution is -2.05. The Morgan fingerprint density at radius 1 is 1.00 bits per heavy atom. The molecule has 6 heteroatoms. The van der Waals surface area contributed by atoms with E-state index in [2.05, 4.69) is 6.92 Å². The van der Waals surface area contributed by atoms with E-state index in [0.29, 0.717) is 0 Å². The predicted octanol–water partition coefficient (Wildman–Crippen LogP) is 4.29. The van der Waals surface area contributed by atoms with Crippen LogP contribution in [0.5, 0.6) is 0 Å². The van der Waals surface area contributed by atoms with Crippen molar-refractivity contribution in [2.75, 3.05) is 0 Å². The van der Waals surface area contributed by atoms with Crippen molar-refractivity contribution in [3.63, 3.8) is 0 Å². The van der Waals surface area contributed by atoms with Gasteiger partial charge in [0.25, 0.3) is 0 Å². The van der Waals surface area contributed by atoms with Crippen LogP contribution in [-0.4, -0.2) is 0 Å². The SMILES string of the molecule is [CH2]c1c(F)c(F)c(CC=C(Cl)Cl)c(F)c1F. The molecule has 0 N–H and O–H groups in total. The van der Waals surface area contributed by atoms with E-state index < -0.39 is 40.8 Å². The van der Waals surface area contributed by atoms with Crippen molar-refractivity contribution in [1.82, 2.24) is 0 Å². The fourth-order valence-corrected chi connectivity index (χ4v) is 1.24. The summed E-state index contributed by atoms with van der Waals surface area (Å²) in [5, 5.41) is 0. The highest BCUT2D eigenvalue weighted by Crippen LogP contribution is 2.24. The first kappa shape index (κ1) is 13.3. The van der Waals surface area contributed by atoms with Gasteiger partial charge in [-0.25, -0.2) is 17.6 Å². The Bertz CT molecular complexity index is 422. The molecule has 1 rings (SSSR count). The van der Waals surface area contributed by atoms with Crippen LogP contribution in [0.15, 0.2) is 10.6 Å². The minimum Gasteiger partial charge on any atom is -0.203 e. The summed E-state index contributed by atoms with van der Waals surface area (Å²) in [6.45, 7) is 2.88. The summed E-state index contributed by atoms with van der Waals surface area (Å²) < 4.78 is 52.2. The lowest BCUT2D eigenvalue weighted by atomic mass is 10.1. The third-order valence-electron chi connectivity index (χ3n) is 1.91. The summed E-state index contributed by atoms with van der Waals surface area (Å²) in [7, 11) is 0. The number of halogens is 6. The highest BCUT2D eigenvalue weighted by atomic mass is 35.5. The van der Waals surface area contributed by atoms with Gasteiger partial charge in [-0.1, -0.05) is 23.2 Å². The first-order valence-electron chi connectivity index (χ1n) is 4.04. The van der Waals surface area contributed by atoms with Gasteiger partial charge in [0.15, 0.2) is 23.3 Å². The predicted molar refractivity (Wildman–Crippen MR) is 54.2 cm³/mol. The van der Waals surface area contributed by atoms with E-state index in [4.69, 9.17) is 23.2 Å². The molecule has 87 valence electrons. The Labute approximate surface area is 99.5 Å². The number of hydrogen-bond acceptors (Lipinski definition) is 0. The van der Waals surface area contributed by atoms with Gasteiger partial charge in [-0.15, -0.1) is 0 Å². The minimum absolute atomic E-state index is 0.252. The summed E-state index contributed by atoms with van der Waals surface area (Å²) in [4.78, 5) is 0. The molecule has 0 spiro atoms. The summed E-state index contributed by atoms with van der Waals surface area (Å²) in [5.74, 6) is -6.02. The van der Waals surface area contributed by atoms with Crippen LogP contribution in [-0.2, 0) is 6.42 Å². The van der Waals surface area contributed by atoms with Crippen molar-refractivity contribution in [3.8, 4) is 0 Å². The standard InChI is InChI=1S/C10H5Cl2F4/c1-4-7(13)9(15)5(2-3-6(11)12)10(16)8(4)14/h3H,1-2H2. The summed E-state index contributed by atoms with van der Waals surface area (Å²) in [5.41, 5.74) is -1.72. The van der Waals surface area contributed by atoms with Crippen molar-refractivity contribution in [1.29, 1.82) is 0 Å². The second-order valence-corrected chi connectivity index (χ2v) is 3.92. The maximum Gasteiger partial charge on any atom is 0.165 e. The number of allylic oxidation sites excluding steroid dienone is 1. The van der Waals surface area contributed by atoms with Gasteiger partial charge in [0.2, 0.25) is 0 Å². The van der Waals surface area contributed by atoms with E-state index in [9.17, 15) is 17.6 Å². The fraction of sp³-hybridized carbons (Fsp3) is 0.100. The highest BCUT2D eigenvalue weighted by molar-refractivity contribution is 6.55. The maximum absolute atomic E-state index is 13.2. The minimum atomic E-state index is -1.52. The van der Waals surface area contributed by atoms with E-state index in [1.165, 1.54) is 0 Å². The van der Waals surface area contributed by atoms with Crippen molar-refractivity contribution < 1.29 is 17.6 Å². The lowest BCUT2D eigenvalue weighted by Gasteiger charge is -2.07. The van der Waals surface area contributed by atoms with Gasteiger partial charge in [0.05, 0.1) is 0 Å².